The van der Waals surface area contributed by atoms with Crippen LogP contribution >= 0.6 is 0 Å². The summed E-state index contributed by atoms with van der Waals surface area (Å²) >= 11 is 0. The number of carboxylic acids is 1. The van der Waals surface area contributed by atoms with Gasteiger partial charge in [-0.2, -0.15) is 0 Å². The van der Waals surface area contributed by atoms with Crippen molar-refractivity contribution in [1.29, 1.82) is 0 Å². The molecule has 0 aromatic heterocycles. The molecule has 0 bridgehead atoms. The maximum Gasteiger partial charge on any atom is 0.309 e. The quantitative estimate of drug-likeness (QED) is 0.652. The maximum atomic E-state index is 10.7. The van der Waals surface area contributed by atoms with Crippen molar-refractivity contribution in [1.82, 2.24) is 0 Å². The van der Waals surface area contributed by atoms with Crippen LogP contribution in [-0.4, -0.2) is 23.8 Å². The summed E-state index contributed by atoms with van der Waals surface area (Å²) in [6, 6.07) is 0. The molecule has 1 rings (SSSR count). The van der Waals surface area contributed by atoms with Crippen LogP contribution in [0.2, 0.25) is 0 Å². The number of carboxylic acid groups (broad SMARTS) is 1. The van der Waals surface area contributed by atoms with Crippen LogP contribution in [0.3, 0.4) is 0 Å². The third-order valence-corrected chi connectivity index (χ3v) is 2.01. The highest BCUT2D eigenvalue weighted by molar-refractivity contribution is 5.71. The van der Waals surface area contributed by atoms with E-state index in [-0.39, 0.29) is 12.0 Å². The molecule has 3 heteroatoms. The number of aliphatic carboxylic acids is 1. The van der Waals surface area contributed by atoms with E-state index in [1.807, 2.05) is 19.1 Å². The average molecular weight is 170 g/mol. The Morgan fingerprint density at radius 1 is 1.75 bits per heavy atom. The van der Waals surface area contributed by atoms with E-state index >= 15 is 0 Å². The van der Waals surface area contributed by atoms with E-state index in [4.69, 9.17) is 9.84 Å². The minimum absolute atomic E-state index is 0.206. The first-order valence-electron chi connectivity index (χ1n) is 4.26. The molecule has 0 spiro atoms. The summed E-state index contributed by atoms with van der Waals surface area (Å²) in [5.41, 5.74) is 0. The van der Waals surface area contributed by atoms with Gasteiger partial charge in [0.05, 0.1) is 12.0 Å². The van der Waals surface area contributed by atoms with Gasteiger partial charge < -0.3 is 9.84 Å². The normalized spacial score (nSPS) is 29.8. The highest BCUT2D eigenvalue weighted by atomic mass is 16.5. The fourth-order valence-corrected chi connectivity index (χ4v) is 1.34. The Morgan fingerprint density at radius 3 is 3.08 bits per heavy atom. The first-order chi connectivity index (χ1) is 5.75. The lowest BCUT2D eigenvalue weighted by atomic mass is 10.0. The monoisotopic (exact) mass is 170 g/mol. The van der Waals surface area contributed by atoms with Crippen molar-refractivity contribution in [2.45, 2.75) is 25.9 Å². The van der Waals surface area contributed by atoms with Crippen molar-refractivity contribution in [3.05, 3.63) is 12.2 Å². The fraction of sp³-hybridized carbons (Fsp3) is 0.667. The van der Waals surface area contributed by atoms with Crippen molar-refractivity contribution in [2.75, 3.05) is 6.61 Å². The van der Waals surface area contributed by atoms with Crippen LogP contribution in [0.5, 0.6) is 0 Å². The molecule has 0 aromatic carbocycles. The Labute approximate surface area is 72.0 Å². The molecule has 0 saturated carbocycles. The third kappa shape index (κ3) is 2.08. The number of hydrogen-bond donors (Lipinski definition) is 1. The molecule has 1 fully saturated rings. The summed E-state index contributed by atoms with van der Waals surface area (Å²) in [4.78, 5) is 10.7. The summed E-state index contributed by atoms with van der Waals surface area (Å²) < 4.78 is 5.26. The topological polar surface area (TPSA) is 46.5 Å². The zero-order valence-electron chi connectivity index (χ0n) is 7.19. The van der Waals surface area contributed by atoms with Crippen molar-refractivity contribution < 1.29 is 14.6 Å². The molecule has 68 valence electrons. The number of rotatable bonds is 3. The smallest absolute Gasteiger partial charge is 0.309 e. The van der Waals surface area contributed by atoms with Gasteiger partial charge in [0.25, 0.3) is 0 Å². The largest absolute Gasteiger partial charge is 0.481 e. The van der Waals surface area contributed by atoms with Crippen LogP contribution in [-0.2, 0) is 9.53 Å². The van der Waals surface area contributed by atoms with Crippen LogP contribution in [0.1, 0.15) is 19.8 Å². The minimum Gasteiger partial charge on any atom is -0.481 e. The second-order valence-electron chi connectivity index (χ2n) is 2.91. The molecule has 0 radical (unpaired) electrons. The van der Waals surface area contributed by atoms with Crippen LogP contribution in [0.4, 0.5) is 0 Å². The van der Waals surface area contributed by atoms with Crippen molar-refractivity contribution in [3.63, 3.8) is 0 Å². The van der Waals surface area contributed by atoms with E-state index in [1.165, 1.54) is 0 Å². The second-order valence-corrected chi connectivity index (χ2v) is 2.91. The molecule has 2 atom stereocenters. The van der Waals surface area contributed by atoms with Gasteiger partial charge in [-0.05, 0) is 12.8 Å². The first-order valence-corrected chi connectivity index (χ1v) is 4.26. The Balaban J connectivity index is 2.52. The van der Waals surface area contributed by atoms with E-state index in [9.17, 15) is 4.79 Å². The molecule has 1 heterocycles. The van der Waals surface area contributed by atoms with Crippen LogP contribution in [0.15, 0.2) is 12.2 Å². The van der Waals surface area contributed by atoms with E-state index < -0.39 is 5.97 Å². The molecule has 1 saturated heterocycles. The van der Waals surface area contributed by atoms with Gasteiger partial charge in [-0.1, -0.05) is 19.1 Å². The molecular weight excluding hydrogens is 156 g/mol. The van der Waals surface area contributed by atoms with Gasteiger partial charge in [0.2, 0.25) is 0 Å². The van der Waals surface area contributed by atoms with Gasteiger partial charge in [0, 0.05) is 6.61 Å². The zero-order valence-corrected chi connectivity index (χ0v) is 7.19. The lowest BCUT2D eigenvalue weighted by Gasteiger charge is -2.09. The molecule has 2 unspecified atom stereocenters. The van der Waals surface area contributed by atoms with E-state index in [2.05, 4.69) is 0 Å². The lowest BCUT2D eigenvalue weighted by Crippen LogP contribution is -2.21. The molecule has 0 aromatic rings. The van der Waals surface area contributed by atoms with E-state index in [0.717, 1.165) is 6.42 Å². The van der Waals surface area contributed by atoms with Gasteiger partial charge in [0.1, 0.15) is 0 Å². The van der Waals surface area contributed by atoms with Gasteiger partial charge in [-0.25, -0.2) is 0 Å². The Hall–Kier alpha value is -0.830. The summed E-state index contributed by atoms with van der Waals surface area (Å²) in [6.45, 7) is 2.58. The Kier molecular flexibility index (Phi) is 3.29. The van der Waals surface area contributed by atoms with Gasteiger partial charge in [-0.3, -0.25) is 4.79 Å². The maximum absolute atomic E-state index is 10.7. The Bertz CT molecular complexity index is 186. The third-order valence-electron chi connectivity index (χ3n) is 2.01. The number of carbonyl (C=O) groups is 1. The summed E-state index contributed by atoms with van der Waals surface area (Å²) in [5.74, 6) is -1.09. The minimum atomic E-state index is -0.752. The lowest BCUT2D eigenvalue weighted by molar-refractivity contribution is -0.142. The summed E-state index contributed by atoms with van der Waals surface area (Å²) in [6.07, 6.45) is 5.15. The van der Waals surface area contributed by atoms with Gasteiger partial charge >= 0.3 is 5.97 Å². The van der Waals surface area contributed by atoms with Crippen LogP contribution < -0.4 is 0 Å². The second kappa shape index (κ2) is 4.26. The fourth-order valence-electron chi connectivity index (χ4n) is 1.34. The molecule has 0 aliphatic carbocycles. The van der Waals surface area contributed by atoms with E-state index in [1.54, 1.807) is 0 Å². The molecule has 1 N–H and O–H groups in total. The SMILES string of the molecule is CC/C=C/C1OCCC1C(=O)O. The number of allylic oxidation sites excluding steroid dienone is 1. The zero-order chi connectivity index (χ0) is 8.97. The van der Waals surface area contributed by atoms with Crippen molar-refractivity contribution >= 4 is 5.97 Å². The summed E-state index contributed by atoms with van der Waals surface area (Å²) in [7, 11) is 0. The van der Waals surface area contributed by atoms with E-state index in [0.29, 0.717) is 13.0 Å². The Morgan fingerprint density at radius 2 is 2.50 bits per heavy atom. The van der Waals surface area contributed by atoms with Crippen LogP contribution in [0, 0.1) is 5.92 Å². The summed E-state index contributed by atoms with van der Waals surface area (Å²) in [5, 5.41) is 8.77. The predicted molar refractivity (Wildman–Crippen MR) is 44.9 cm³/mol. The van der Waals surface area contributed by atoms with Crippen molar-refractivity contribution in [3.8, 4) is 0 Å². The van der Waals surface area contributed by atoms with Crippen molar-refractivity contribution in [2.24, 2.45) is 5.92 Å². The predicted octanol–water partition coefficient (Wildman–Crippen LogP) is 1.44. The highest BCUT2D eigenvalue weighted by Gasteiger charge is 2.31. The highest BCUT2D eigenvalue weighted by Crippen LogP contribution is 2.22. The first kappa shape index (κ1) is 9.26. The average Bonchev–Trinajstić information content (AvgIpc) is 2.48. The molecule has 0 amide bonds. The van der Waals surface area contributed by atoms with Gasteiger partial charge in [0.15, 0.2) is 0 Å². The standard InChI is InChI=1S/C9H14O3/c1-2-3-4-8-7(9(10)11)5-6-12-8/h3-4,7-8H,2,5-6H2,1H3,(H,10,11)/b4-3+. The van der Waals surface area contributed by atoms with Gasteiger partial charge in [-0.15, -0.1) is 0 Å². The van der Waals surface area contributed by atoms with Crippen LogP contribution in [0.25, 0.3) is 0 Å². The molecule has 1 aliphatic rings. The number of ether oxygens (including phenoxy) is 1. The number of hydrogen-bond acceptors (Lipinski definition) is 2. The molecule has 1 aliphatic heterocycles. The molecule has 3 nitrogen and oxygen atoms in total. The molecule has 12 heavy (non-hydrogen) atoms. The molecular formula is C9H14O3.